The fourth-order valence-electron chi connectivity index (χ4n) is 5.68. The van der Waals surface area contributed by atoms with Crippen LogP contribution >= 0.6 is 0 Å². The lowest BCUT2D eigenvalue weighted by molar-refractivity contribution is -0.149. The minimum Gasteiger partial charge on any atom is -0.481 e. The van der Waals surface area contributed by atoms with Crippen molar-refractivity contribution in [3.63, 3.8) is 0 Å². The summed E-state index contributed by atoms with van der Waals surface area (Å²) in [5, 5.41) is 15.3. The first-order chi connectivity index (χ1) is 16.9. The lowest BCUT2D eigenvalue weighted by atomic mass is 9.84. The Hall–Kier alpha value is -3.39. The van der Waals surface area contributed by atoms with Crippen LogP contribution in [0.25, 0.3) is 11.1 Å². The first-order valence-corrected chi connectivity index (χ1v) is 12.1. The van der Waals surface area contributed by atoms with Crippen LogP contribution in [0.15, 0.2) is 48.5 Å². The largest absolute Gasteiger partial charge is 0.481 e. The van der Waals surface area contributed by atoms with Crippen molar-refractivity contribution >= 4 is 18.0 Å². The van der Waals surface area contributed by atoms with E-state index in [1.54, 1.807) is 6.92 Å². The maximum atomic E-state index is 13.0. The van der Waals surface area contributed by atoms with Gasteiger partial charge in [0.15, 0.2) is 0 Å². The molecule has 2 fully saturated rings. The predicted octanol–water partition coefficient (Wildman–Crippen LogP) is 3.30. The molecule has 0 bridgehead atoms. The second-order valence-electron chi connectivity index (χ2n) is 9.90. The molecule has 8 nitrogen and oxygen atoms in total. The third-order valence-electron chi connectivity index (χ3n) is 7.83. The fourth-order valence-corrected chi connectivity index (χ4v) is 5.68. The SMILES string of the molecule is CC1(C(=O)O)CCCC1NC(=O)C1COCC1NC(=O)OCC1c2ccccc2-c2ccccc21. The molecule has 2 aromatic rings. The van der Waals surface area contributed by atoms with Crippen LogP contribution in [0, 0.1) is 11.3 Å². The van der Waals surface area contributed by atoms with Crippen LogP contribution in [0.2, 0.25) is 0 Å². The summed E-state index contributed by atoms with van der Waals surface area (Å²) >= 11 is 0. The summed E-state index contributed by atoms with van der Waals surface area (Å²) in [5.74, 6) is -1.86. The molecule has 3 aliphatic rings. The molecule has 0 spiro atoms. The highest BCUT2D eigenvalue weighted by Gasteiger charge is 2.47. The average molecular weight is 479 g/mol. The van der Waals surface area contributed by atoms with Crippen LogP contribution in [0.5, 0.6) is 0 Å². The van der Waals surface area contributed by atoms with E-state index in [1.807, 2.05) is 24.3 Å². The van der Waals surface area contributed by atoms with Crippen LogP contribution in [-0.4, -0.2) is 55.0 Å². The van der Waals surface area contributed by atoms with E-state index in [0.29, 0.717) is 12.8 Å². The van der Waals surface area contributed by atoms with E-state index in [1.165, 1.54) is 0 Å². The Kier molecular flexibility index (Phi) is 6.23. The second kappa shape index (κ2) is 9.34. The molecule has 1 aliphatic heterocycles. The van der Waals surface area contributed by atoms with Gasteiger partial charge in [-0.2, -0.15) is 0 Å². The van der Waals surface area contributed by atoms with Crippen molar-refractivity contribution in [2.75, 3.05) is 19.8 Å². The smallest absolute Gasteiger partial charge is 0.407 e. The van der Waals surface area contributed by atoms with Gasteiger partial charge in [0.25, 0.3) is 0 Å². The normalized spacial score (nSPS) is 27.2. The lowest BCUT2D eigenvalue weighted by Gasteiger charge is -2.29. The third kappa shape index (κ3) is 4.27. The summed E-state index contributed by atoms with van der Waals surface area (Å²) in [6, 6.07) is 15.3. The van der Waals surface area contributed by atoms with Gasteiger partial charge >= 0.3 is 12.1 Å². The molecule has 0 radical (unpaired) electrons. The summed E-state index contributed by atoms with van der Waals surface area (Å²) in [7, 11) is 0. The Morgan fingerprint density at radius 1 is 1.03 bits per heavy atom. The molecule has 1 saturated carbocycles. The van der Waals surface area contributed by atoms with Crippen molar-refractivity contribution in [3.8, 4) is 11.1 Å². The zero-order chi connectivity index (χ0) is 24.6. The van der Waals surface area contributed by atoms with E-state index >= 15 is 0 Å². The van der Waals surface area contributed by atoms with Gasteiger partial charge in [-0.1, -0.05) is 55.0 Å². The number of nitrogens with one attached hydrogen (secondary N) is 2. The first kappa shape index (κ1) is 23.4. The number of benzene rings is 2. The Morgan fingerprint density at radius 2 is 1.69 bits per heavy atom. The van der Waals surface area contributed by atoms with Crippen LogP contribution in [-0.2, 0) is 19.1 Å². The molecule has 2 amide bonds. The zero-order valence-electron chi connectivity index (χ0n) is 19.7. The van der Waals surface area contributed by atoms with Crippen molar-refractivity contribution in [3.05, 3.63) is 59.7 Å². The fraction of sp³-hybridized carbons (Fsp3) is 0.444. The van der Waals surface area contributed by atoms with Gasteiger partial charge in [-0.25, -0.2) is 4.79 Å². The molecule has 0 aromatic heterocycles. The number of carbonyl (C=O) groups excluding carboxylic acids is 2. The van der Waals surface area contributed by atoms with Crippen molar-refractivity contribution in [2.24, 2.45) is 11.3 Å². The number of rotatable bonds is 6. The number of hydrogen-bond donors (Lipinski definition) is 3. The molecule has 3 N–H and O–H groups in total. The van der Waals surface area contributed by atoms with E-state index in [-0.39, 0.29) is 31.6 Å². The van der Waals surface area contributed by atoms with E-state index in [4.69, 9.17) is 9.47 Å². The van der Waals surface area contributed by atoms with Crippen molar-refractivity contribution < 1.29 is 29.0 Å². The number of aliphatic carboxylic acids is 1. The maximum absolute atomic E-state index is 13.0. The van der Waals surface area contributed by atoms with Gasteiger partial charge in [0, 0.05) is 12.0 Å². The Bertz CT molecular complexity index is 1100. The monoisotopic (exact) mass is 478 g/mol. The summed E-state index contributed by atoms with van der Waals surface area (Å²) in [6.07, 6.45) is 1.29. The number of amides is 2. The van der Waals surface area contributed by atoms with Crippen LogP contribution < -0.4 is 10.6 Å². The van der Waals surface area contributed by atoms with E-state index < -0.39 is 35.5 Å². The number of carboxylic acid groups (broad SMARTS) is 1. The molecular formula is C27H30N2O6. The van der Waals surface area contributed by atoms with Gasteiger partial charge in [0.1, 0.15) is 6.61 Å². The van der Waals surface area contributed by atoms with Crippen molar-refractivity contribution in [1.29, 1.82) is 0 Å². The van der Waals surface area contributed by atoms with Gasteiger partial charge < -0.3 is 25.2 Å². The molecule has 5 rings (SSSR count). The highest BCUT2D eigenvalue weighted by atomic mass is 16.5. The minimum absolute atomic E-state index is 0.0527. The Morgan fingerprint density at radius 3 is 2.34 bits per heavy atom. The second-order valence-corrected chi connectivity index (χ2v) is 9.90. The van der Waals surface area contributed by atoms with E-state index in [9.17, 15) is 19.5 Å². The minimum atomic E-state index is -0.981. The molecule has 35 heavy (non-hydrogen) atoms. The zero-order valence-corrected chi connectivity index (χ0v) is 19.7. The van der Waals surface area contributed by atoms with Crippen LogP contribution in [0.1, 0.15) is 43.2 Å². The van der Waals surface area contributed by atoms with Gasteiger partial charge in [-0.05, 0) is 42.0 Å². The maximum Gasteiger partial charge on any atom is 0.407 e. The Balaban J connectivity index is 1.20. The number of fused-ring (bicyclic) bond motifs is 3. The summed E-state index contributed by atoms with van der Waals surface area (Å²) in [5.41, 5.74) is 3.57. The van der Waals surface area contributed by atoms with Crippen molar-refractivity contribution in [1.82, 2.24) is 10.6 Å². The number of hydrogen-bond acceptors (Lipinski definition) is 5. The summed E-state index contributed by atoms with van der Waals surface area (Å²) in [4.78, 5) is 37.4. The Labute approximate surface area is 204 Å². The number of carbonyl (C=O) groups is 3. The molecule has 2 aromatic carbocycles. The van der Waals surface area contributed by atoms with Crippen molar-refractivity contribution in [2.45, 2.75) is 44.2 Å². The molecule has 4 unspecified atom stereocenters. The molecule has 1 heterocycles. The van der Waals surface area contributed by atoms with Gasteiger partial charge in [-0.3, -0.25) is 9.59 Å². The van der Waals surface area contributed by atoms with E-state index in [0.717, 1.165) is 28.7 Å². The number of alkyl carbamates (subject to hydrolysis) is 1. The third-order valence-corrected chi connectivity index (χ3v) is 7.83. The van der Waals surface area contributed by atoms with Crippen LogP contribution in [0.3, 0.4) is 0 Å². The number of carboxylic acids is 1. The standard InChI is InChI=1S/C27H30N2O6/c1-27(25(31)32)12-6-11-23(27)29-24(30)21-13-34-15-22(21)28-26(33)35-14-20-18-9-4-2-7-16(18)17-8-3-5-10-19(17)20/h2-5,7-10,20-23H,6,11-15H2,1H3,(H,28,33)(H,29,30)(H,31,32). The van der Waals surface area contributed by atoms with Gasteiger partial charge in [-0.15, -0.1) is 0 Å². The molecular weight excluding hydrogens is 448 g/mol. The first-order valence-electron chi connectivity index (χ1n) is 12.1. The van der Waals surface area contributed by atoms with Gasteiger partial charge in [0.05, 0.1) is 30.6 Å². The quantitative estimate of drug-likeness (QED) is 0.587. The molecule has 1 saturated heterocycles. The predicted molar refractivity (Wildman–Crippen MR) is 128 cm³/mol. The molecule has 4 atom stereocenters. The lowest BCUT2D eigenvalue weighted by Crippen LogP contribution is -2.52. The van der Waals surface area contributed by atoms with Crippen LogP contribution in [0.4, 0.5) is 4.79 Å². The van der Waals surface area contributed by atoms with Gasteiger partial charge in [0.2, 0.25) is 5.91 Å². The molecule has 2 aliphatic carbocycles. The summed E-state index contributed by atoms with van der Waals surface area (Å²) in [6.45, 7) is 2.22. The molecule has 184 valence electrons. The number of ether oxygens (including phenoxy) is 2. The molecule has 8 heteroatoms. The van der Waals surface area contributed by atoms with E-state index in [2.05, 4.69) is 34.9 Å². The average Bonchev–Trinajstić information content (AvgIpc) is 3.55. The summed E-state index contributed by atoms with van der Waals surface area (Å²) < 4.78 is 11.1. The topological polar surface area (TPSA) is 114 Å². The highest BCUT2D eigenvalue weighted by molar-refractivity contribution is 5.83. The highest BCUT2D eigenvalue weighted by Crippen LogP contribution is 2.44.